The number of pyridine rings is 1. The van der Waals surface area contributed by atoms with Crippen molar-refractivity contribution < 1.29 is 14.3 Å². The topological polar surface area (TPSA) is 74.2 Å². The van der Waals surface area contributed by atoms with Crippen LogP contribution in [0.2, 0.25) is 0 Å². The number of thiophene rings is 1. The average molecular weight is 391 g/mol. The molecule has 140 valence electrons. The Morgan fingerprint density at radius 2 is 1.71 bits per heavy atom. The third kappa shape index (κ3) is 3.57. The molecular formula is C21H17N3O3S. The lowest BCUT2D eigenvalue weighted by Crippen LogP contribution is -2.07. The molecule has 0 saturated carbocycles. The van der Waals surface area contributed by atoms with Gasteiger partial charge in [0.25, 0.3) is 0 Å². The fourth-order valence-electron chi connectivity index (χ4n) is 2.93. The lowest BCUT2D eigenvalue weighted by molar-refractivity contribution is 0.0739. The number of carbonyl (C=O) groups excluding carboxylic acids is 1. The van der Waals surface area contributed by atoms with E-state index in [-0.39, 0.29) is 0 Å². The molecule has 7 heteroatoms. The number of carbonyl (C=O) groups is 1. The van der Waals surface area contributed by atoms with Crippen LogP contribution in [-0.2, 0) is 0 Å². The molecule has 0 spiro atoms. The van der Waals surface area contributed by atoms with E-state index in [0.717, 1.165) is 21.5 Å². The molecule has 1 aromatic carbocycles. The van der Waals surface area contributed by atoms with Crippen LogP contribution < -0.4 is 9.47 Å². The molecule has 28 heavy (non-hydrogen) atoms. The van der Waals surface area contributed by atoms with Gasteiger partial charge in [-0.3, -0.25) is 0 Å². The molecule has 0 aliphatic carbocycles. The zero-order chi connectivity index (χ0) is 19.7. The highest BCUT2D eigenvalue weighted by Gasteiger charge is 2.20. The Kier molecular flexibility index (Phi) is 4.75. The molecule has 0 amide bonds. The van der Waals surface area contributed by atoms with Crippen molar-refractivity contribution in [1.29, 1.82) is 0 Å². The molecule has 0 aliphatic heterocycles. The second-order valence-corrected chi connectivity index (χ2v) is 7.22. The summed E-state index contributed by atoms with van der Waals surface area (Å²) in [5, 5.41) is 0.918. The van der Waals surface area contributed by atoms with Gasteiger partial charge < -0.3 is 9.47 Å². The van der Waals surface area contributed by atoms with Gasteiger partial charge in [0.1, 0.15) is 27.0 Å². The van der Waals surface area contributed by atoms with Crippen molar-refractivity contribution in [3.63, 3.8) is 0 Å². The van der Waals surface area contributed by atoms with Gasteiger partial charge in [0, 0.05) is 23.3 Å². The molecule has 0 radical (unpaired) electrons. The van der Waals surface area contributed by atoms with Crippen LogP contribution >= 0.6 is 11.3 Å². The van der Waals surface area contributed by atoms with Crippen LogP contribution in [0.1, 0.15) is 26.8 Å². The van der Waals surface area contributed by atoms with E-state index >= 15 is 0 Å². The van der Waals surface area contributed by atoms with E-state index in [2.05, 4.69) is 15.0 Å². The molecular weight excluding hydrogens is 374 g/mol. The van der Waals surface area contributed by atoms with Gasteiger partial charge in [-0.05, 0) is 56.7 Å². The highest BCUT2D eigenvalue weighted by atomic mass is 32.1. The maximum absolute atomic E-state index is 12.7. The highest BCUT2D eigenvalue weighted by Crippen LogP contribution is 2.32. The summed E-state index contributed by atoms with van der Waals surface area (Å²) in [7, 11) is 0. The van der Waals surface area contributed by atoms with E-state index in [1.807, 2.05) is 32.9 Å². The maximum atomic E-state index is 12.7. The molecule has 0 saturated heterocycles. The monoisotopic (exact) mass is 391 g/mol. The van der Waals surface area contributed by atoms with Crippen LogP contribution in [-0.4, -0.2) is 20.9 Å². The molecule has 3 aromatic heterocycles. The van der Waals surface area contributed by atoms with Crippen LogP contribution in [0.25, 0.3) is 10.2 Å². The summed E-state index contributed by atoms with van der Waals surface area (Å²) in [6, 6.07) is 12.3. The van der Waals surface area contributed by atoms with Crippen LogP contribution in [0, 0.1) is 20.8 Å². The van der Waals surface area contributed by atoms with E-state index in [4.69, 9.17) is 9.47 Å². The van der Waals surface area contributed by atoms with Crippen LogP contribution in [0.5, 0.6) is 17.4 Å². The van der Waals surface area contributed by atoms with Crippen molar-refractivity contribution >= 4 is 27.5 Å². The molecule has 6 nitrogen and oxygen atoms in total. The number of esters is 1. The zero-order valence-corrected chi connectivity index (χ0v) is 16.4. The number of fused-ring (bicyclic) bond motifs is 1. The van der Waals surface area contributed by atoms with Crippen molar-refractivity contribution in [1.82, 2.24) is 15.0 Å². The van der Waals surface area contributed by atoms with E-state index in [0.29, 0.717) is 28.1 Å². The minimum absolute atomic E-state index is 0.407. The summed E-state index contributed by atoms with van der Waals surface area (Å²) in [5.41, 5.74) is 1.71. The summed E-state index contributed by atoms with van der Waals surface area (Å²) >= 11 is 1.33. The number of rotatable bonds is 4. The summed E-state index contributed by atoms with van der Waals surface area (Å²) in [6.07, 6.45) is 1.66. The Morgan fingerprint density at radius 3 is 2.43 bits per heavy atom. The minimum atomic E-state index is -0.407. The van der Waals surface area contributed by atoms with E-state index < -0.39 is 5.97 Å². The SMILES string of the molecule is Cc1nc(C)c2c(C)c(C(=O)Oc3ccc(Oc4ccccn4)cc3)sc2n1. The molecule has 3 heterocycles. The minimum Gasteiger partial charge on any atom is -0.439 e. The summed E-state index contributed by atoms with van der Waals surface area (Å²) < 4.78 is 11.2. The third-order valence-corrected chi connectivity index (χ3v) is 5.33. The molecule has 0 fully saturated rings. The maximum Gasteiger partial charge on any atom is 0.354 e. The summed E-state index contributed by atoms with van der Waals surface area (Å²) in [4.78, 5) is 26.9. The van der Waals surface area contributed by atoms with Crippen molar-refractivity contribution in [2.45, 2.75) is 20.8 Å². The molecule has 4 rings (SSSR count). The first-order valence-corrected chi connectivity index (χ1v) is 9.48. The molecule has 0 unspecified atom stereocenters. The van der Waals surface area contributed by atoms with Gasteiger partial charge in [-0.15, -0.1) is 11.3 Å². The first-order chi connectivity index (χ1) is 13.5. The third-order valence-electron chi connectivity index (χ3n) is 4.16. The normalized spacial score (nSPS) is 10.8. The van der Waals surface area contributed by atoms with Gasteiger partial charge in [0.05, 0.1) is 0 Å². The lowest BCUT2D eigenvalue weighted by atomic mass is 10.1. The predicted molar refractivity (Wildman–Crippen MR) is 107 cm³/mol. The fraction of sp³-hybridized carbons (Fsp3) is 0.143. The Morgan fingerprint density at radius 1 is 0.964 bits per heavy atom. The van der Waals surface area contributed by atoms with Crippen LogP contribution in [0.15, 0.2) is 48.7 Å². The first kappa shape index (κ1) is 18.1. The molecule has 0 aliphatic rings. The van der Waals surface area contributed by atoms with Gasteiger partial charge in [-0.1, -0.05) is 6.07 Å². The number of aryl methyl sites for hydroxylation is 3. The number of benzene rings is 1. The Hall–Kier alpha value is -3.32. The Bertz CT molecular complexity index is 1160. The Labute approximate surface area is 165 Å². The number of nitrogens with zero attached hydrogens (tertiary/aromatic N) is 3. The largest absolute Gasteiger partial charge is 0.439 e. The van der Waals surface area contributed by atoms with Gasteiger partial charge in [0.2, 0.25) is 5.88 Å². The van der Waals surface area contributed by atoms with Crippen LogP contribution in [0.4, 0.5) is 0 Å². The smallest absolute Gasteiger partial charge is 0.354 e. The fourth-order valence-corrected chi connectivity index (χ4v) is 4.08. The number of ether oxygens (including phenoxy) is 2. The summed E-state index contributed by atoms with van der Waals surface area (Å²) in [6.45, 7) is 5.66. The standard InChI is InChI=1S/C21H17N3O3S/c1-12-18-13(2)23-14(3)24-20(18)28-19(12)21(25)27-16-9-7-15(8-10-16)26-17-6-4-5-11-22-17/h4-11H,1-3H3. The molecule has 0 atom stereocenters. The van der Waals surface area contributed by atoms with Gasteiger partial charge in [-0.25, -0.2) is 19.7 Å². The van der Waals surface area contributed by atoms with Crippen molar-refractivity contribution in [3.8, 4) is 17.4 Å². The Balaban J connectivity index is 1.53. The second kappa shape index (κ2) is 7.36. The van der Waals surface area contributed by atoms with Gasteiger partial charge in [-0.2, -0.15) is 0 Å². The van der Waals surface area contributed by atoms with Crippen molar-refractivity contribution in [2.75, 3.05) is 0 Å². The van der Waals surface area contributed by atoms with Crippen molar-refractivity contribution in [3.05, 3.63) is 70.6 Å². The van der Waals surface area contributed by atoms with E-state index in [1.54, 1.807) is 36.5 Å². The number of hydrogen-bond donors (Lipinski definition) is 0. The predicted octanol–water partition coefficient (Wildman–Crippen LogP) is 5.02. The highest BCUT2D eigenvalue weighted by molar-refractivity contribution is 7.20. The summed E-state index contributed by atoms with van der Waals surface area (Å²) in [5.74, 6) is 1.83. The number of aromatic nitrogens is 3. The molecule has 0 bridgehead atoms. The average Bonchev–Trinajstić information content (AvgIpc) is 3.01. The molecule has 4 aromatic rings. The van der Waals surface area contributed by atoms with E-state index in [1.165, 1.54) is 11.3 Å². The quantitative estimate of drug-likeness (QED) is 0.359. The number of hydrogen-bond acceptors (Lipinski definition) is 7. The zero-order valence-electron chi connectivity index (χ0n) is 15.6. The van der Waals surface area contributed by atoms with E-state index in [9.17, 15) is 4.79 Å². The molecule has 0 N–H and O–H groups in total. The first-order valence-electron chi connectivity index (χ1n) is 8.67. The lowest BCUT2D eigenvalue weighted by Gasteiger charge is -2.06. The van der Waals surface area contributed by atoms with Gasteiger partial charge >= 0.3 is 5.97 Å². The second-order valence-electron chi connectivity index (χ2n) is 6.22. The van der Waals surface area contributed by atoms with Crippen molar-refractivity contribution in [2.24, 2.45) is 0 Å². The van der Waals surface area contributed by atoms with Gasteiger partial charge in [0.15, 0.2) is 0 Å². The van der Waals surface area contributed by atoms with Crippen LogP contribution in [0.3, 0.4) is 0 Å².